The van der Waals surface area contributed by atoms with Gasteiger partial charge in [0.25, 0.3) is 0 Å². The highest BCUT2D eigenvalue weighted by molar-refractivity contribution is 5.57. The maximum absolute atomic E-state index is 5.55. The van der Waals surface area contributed by atoms with Crippen molar-refractivity contribution in [1.29, 1.82) is 0 Å². The van der Waals surface area contributed by atoms with E-state index in [0.717, 1.165) is 48.8 Å². The van der Waals surface area contributed by atoms with Crippen LogP contribution in [0.5, 0.6) is 0 Å². The average Bonchev–Trinajstić information content (AvgIpc) is 3.25. The smallest absolute Gasteiger partial charge is 0.148 e. The summed E-state index contributed by atoms with van der Waals surface area (Å²) in [6, 6.07) is 0. The molecule has 4 N–H and O–H groups in total. The van der Waals surface area contributed by atoms with E-state index in [1.807, 2.05) is 18.5 Å². The van der Waals surface area contributed by atoms with E-state index in [4.69, 9.17) is 5.84 Å². The van der Waals surface area contributed by atoms with Crippen LogP contribution in [0.25, 0.3) is 0 Å². The van der Waals surface area contributed by atoms with Crippen molar-refractivity contribution in [3.05, 3.63) is 23.5 Å². The van der Waals surface area contributed by atoms with Gasteiger partial charge in [-0.3, -0.25) is 0 Å². The highest BCUT2D eigenvalue weighted by Crippen LogP contribution is 2.39. The second-order valence-electron chi connectivity index (χ2n) is 5.36. The summed E-state index contributed by atoms with van der Waals surface area (Å²) in [5.41, 5.74) is 3.58. The van der Waals surface area contributed by atoms with Crippen LogP contribution in [0, 0.1) is 6.92 Å². The molecule has 1 aliphatic rings. The number of nitrogen functional groups attached to an aromatic ring is 1. The lowest BCUT2D eigenvalue weighted by atomic mass is 10.2. The zero-order chi connectivity index (χ0) is 14.8. The van der Waals surface area contributed by atoms with Gasteiger partial charge in [-0.15, -0.1) is 10.2 Å². The molecule has 2 aromatic rings. The molecule has 0 bridgehead atoms. The van der Waals surface area contributed by atoms with Gasteiger partial charge in [-0.2, -0.15) is 0 Å². The Balaban J connectivity index is 1.71. The molecule has 3 rings (SSSR count). The molecule has 112 valence electrons. The van der Waals surface area contributed by atoms with Crippen LogP contribution in [0.1, 0.15) is 36.0 Å². The lowest BCUT2D eigenvalue weighted by Crippen LogP contribution is -2.16. The largest absolute Gasteiger partial charge is 0.369 e. The second-order valence-corrected chi connectivity index (χ2v) is 5.36. The van der Waals surface area contributed by atoms with E-state index in [9.17, 15) is 0 Å². The Labute approximate surface area is 123 Å². The van der Waals surface area contributed by atoms with E-state index in [2.05, 4.69) is 30.9 Å². The quantitative estimate of drug-likeness (QED) is 0.531. The monoisotopic (exact) mass is 288 g/mol. The van der Waals surface area contributed by atoms with Crippen LogP contribution in [-0.2, 0) is 13.5 Å². The summed E-state index contributed by atoms with van der Waals surface area (Å²) in [6.07, 6.45) is 4.80. The van der Waals surface area contributed by atoms with Crippen molar-refractivity contribution >= 4 is 11.6 Å². The molecule has 1 aliphatic carbocycles. The molecule has 0 unspecified atom stereocenters. The Hall–Kier alpha value is -2.22. The molecule has 1 saturated carbocycles. The number of rotatable bonds is 6. The van der Waals surface area contributed by atoms with E-state index in [1.54, 1.807) is 6.33 Å². The van der Waals surface area contributed by atoms with Crippen LogP contribution < -0.4 is 16.6 Å². The summed E-state index contributed by atoms with van der Waals surface area (Å²) in [4.78, 5) is 9.10. The molecule has 1 fully saturated rings. The Morgan fingerprint density at radius 2 is 2.10 bits per heavy atom. The van der Waals surface area contributed by atoms with Crippen LogP contribution in [0.2, 0.25) is 0 Å². The first-order valence-electron chi connectivity index (χ1n) is 7.11. The first-order chi connectivity index (χ1) is 10.2. The minimum absolute atomic E-state index is 0.483. The minimum Gasteiger partial charge on any atom is -0.369 e. The first-order valence-corrected chi connectivity index (χ1v) is 7.11. The Bertz CT molecular complexity index is 631. The summed E-state index contributed by atoms with van der Waals surface area (Å²) >= 11 is 0. The van der Waals surface area contributed by atoms with Crippen molar-refractivity contribution in [1.82, 2.24) is 24.7 Å². The molecule has 0 spiro atoms. The van der Waals surface area contributed by atoms with Crippen molar-refractivity contribution in [2.24, 2.45) is 12.9 Å². The molecule has 0 aromatic carbocycles. The van der Waals surface area contributed by atoms with Crippen molar-refractivity contribution in [2.45, 2.75) is 32.1 Å². The molecule has 2 aromatic heterocycles. The van der Waals surface area contributed by atoms with Crippen LogP contribution in [-0.4, -0.2) is 31.3 Å². The van der Waals surface area contributed by atoms with Crippen LogP contribution in [0.4, 0.5) is 11.6 Å². The number of nitrogens with one attached hydrogen (secondary N) is 2. The minimum atomic E-state index is 0.483. The summed E-state index contributed by atoms with van der Waals surface area (Å²) in [6.45, 7) is 2.69. The molecule has 2 heterocycles. The van der Waals surface area contributed by atoms with Gasteiger partial charge in [0.2, 0.25) is 0 Å². The normalized spacial score (nSPS) is 14.2. The van der Waals surface area contributed by atoms with E-state index in [0.29, 0.717) is 11.7 Å². The van der Waals surface area contributed by atoms with Crippen LogP contribution in [0.3, 0.4) is 0 Å². The predicted molar refractivity (Wildman–Crippen MR) is 79.8 cm³/mol. The lowest BCUT2D eigenvalue weighted by Gasteiger charge is -2.13. The predicted octanol–water partition coefficient (Wildman–Crippen LogP) is 0.731. The van der Waals surface area contributed by atoms with Crippen molar-refractivity contribution in [2.75, 3.05) is 17.3 Å². The van der Waals surface area contributed by atoms with Crippen molar-refractivity contribution in [3.8, 4) is 0 Å². The third-order valence-electron chi connectivity index (χ3n) is 3.69. The fraction of sp³-hybridized carbons (Fsp3) is 0.538. The maximum Gasteiger partial charge on any atom is 0.148 e. The van der Waals surface area contributed by atoms with E-state index in [1.165, 1.54) is 0 Å². The molecule has 0 saturated heterocycles. The van der Waals surface area contributed by atoms with Gasteiger partial charge < -0.3 is 15.3 Å². The van der Waals surface area contributed by atoms with Gasteiger partial charge >= 0.3 is 0 Å². The van der Waals surface area contributed by atoms with Gasteiger partial charge in [0, 0.05) is 31.5 Å². The summed E-state index contributed by atoms with van der Waals surface area (Å²) in [7, 11) is 1.94. The van der Waals surface area contributed by atoms with Crippen molar-refractivity contribution < 1.29 is 0 Å². The summed E-state index contributed by atoms with van der Waals surface area (Å²) in [5, 5.41) is 11.3. The SMILES string of the molecule is Cc1c(NN)nc(C2CC2)nc1NCCc1nncn1C. The first kappa shape index (κ1) is 13.7. The number of nitrogens with zero attached hydrogens (tertiary/aromatic N) is 5. The Morgan fingerprint density at radius 1 is 1.33 bits per heavy atom. The molecule has 8 nitrogen and oxygen atoms in total. The van der Waals surface area contributed by atoms with Crippen LogP contribution >= 0.6 is 0 Å². The number of hydrogen-bond acceptors (Lipinski definition) is 7. The maximum atomic E-state index is 5.55. The highest BCUT2D eigenvalue weighted by atomic mass is 15.3. The number of anilines is 2. The number of hydrazine groups is 1. The molecule has 0 amide bonds. The fourth-order valence-electron chi connectivity index (χ4n) is 2.20. The number of hydrogen-bond donors (Lipinski definition) is 3. The van der Waals surface area contributed by atoms with E-state index < -0.39 is 0 Å². The molecule has 0 radical (unpaired) electrons. The summed E-state index contributed by atoms with van der Waals surface area (Å²) in [5.74, 6) is 9.36. The Kier molecular flexibility index (Phi) is 3.70. The fourth-order valence-corrected chi connectivity index (χ4v) is 2.20. The Morgan fingerprint density at radius 3 is 2.71 bits per heavy atom. The molecule has 0 aliphatic heterocycles. The molecule has 0 atom stereocenters. The number of aryl methyl sites for hydroxylation is 1. The molecular weight excluding hydrogens is 268 g/mol. The second kappa shape index (κ2) is 5.65. The average molecular weight is 288 g/mol. The lowest BCUT2D eigenvalue weighted by molar-refractivity contribution is 0.785. The zero-order valence-corrected chi connectivity index (χ0v) is 12.3. The van der Waals surface area contributed by atoms with E-state index >= 15 is 0 Å². The number of aromatic nitrogens is 5. The van der Waals surface area contributed by atoms with E-state index in [-0.39, 0.29) is 0 Å². The van der Waals surface area contributed by atoms with Gasteiger partial charge in [-0.05, 0) is 19.8 Å². The zero-order valence-electron chi connectivity index (χ0n) is 12.3. The number of nitrogens with two attached hydrogens (primary N) is 1. The van der Waals surface area contributed by atoms with Crippen molar-refractivity contribution in [3.63, 3.8) is 0 Å². The molecular formula is C13H20N8. The molecule has 8 heteroatoms. The van der Waals surface area contributed by atoms with Crippen LogP contribution in [0.15, 0.2) is 6.33 Å². The molecule has 21 heavy (non-hydrogen) atoms. The third-order valence-corrected chi connectivity index (χ3v) is 3.69. The third kappa shape index (κ3) is 2.94. The van der Waals surface area contributed by atoms with Gasteiger partial charge in [-0.1, -0.05) is 0 Å². The van der Waals surface area contributed by atoms with Gasteiger partial charge in [0.05, 0.1) is 0 Å². The van der Waals surface area contributed by atoms with Gasteiger partial charge in [0.15, 0.2) is 0 Å². The van der Waals surface area contributed by atoms with Gasteiger partial charge in [0.1, 0.15) is 29.6 Å². The van der Waals surface area contributed by atoms with Gasteiger partial charge in [-0.25, -0.2) is 15.8 Å². The topological polar surface area (TPSA) is 107 Å². The highest BCUT2D eigenvalue weighted by Gasteiger charge is 2.28. The summed E-state index contributed by atoms with van der Waals surface area (Å²) < 4.78 is 1.91. The standard InChI is InChI=1S/C13H20N8/c1-8-11(15-6-5-10-20-16-7-21(10)2)17-13(9-3-4-9)18-12(8)19-14/h7,9H,3-6,14H2,1-2H3,(H2,15,17,18,19).